The molecule has 0 amide bonds. The van der Waals surface area contributed by atoms with Gasteiger partial charge in [-0.3, -0.25) is 0 Å². The van der Waals surface area contributed by atoms with Crippen LogP contribution < -0.4 is 4.72 Å². The summed E-state index contributed by atoms with van der Waals surface area (Å²) >= 11 is 0. The number of fused-ring (bicyclic) bond motifs is 1. The molecule has 3 heterocycles. The Morgan fingerprint density at radius 2 is 1.73 bits per heavy atom. The van der Waals surface area contributed by atoms with Gasteiger partial charge in [0.1, 0.15) is 18.2 Å². The maximum absolute atomic E-state index is 12.8. The highest BCUT2D eigenvalue weighted by atomic mass is 32.2. The van der Waals surface area contributed by atoms with Crippen LogP contribution in [0.4, 0.5) is 0 Å². The molecule has 3 aromatic rings. The zero-order valence-electron chi connectivity index (χ0n) is 16.2. The highest BCUT2D eigenvalue weighted by Crippen LogP contribution is 2.36. The van der Waals surface area contributed by atoms with E-state index in [9.17, 15) is 8.42 Å². The lowest BCUT2D eigenvalue weighted by Crippen LogP contribution is -2.44. The lowest BCUT2D eigenvalue weighted by atomic mass is 10.1. The van der Waals surface area contributed by atoms with Gasteiger partial charge in [0.25, 0.3) is 0 Å². The largest absolute Gasteiger partial charge is 0.371 e. The Morgan fingerprint density at radius 1 is 1.00 bits per heavy atom. The number of aryl methyl sites for hydroxylation is 1. The van der Waals surface area contributed by atoms with E-state index in [1.165, 1.54) is 0 Å². The van der Waals surface area contributed by atoms with Gasteiger partial charge in [0.2, 0.25) is 10.0 Å². The predicted molar refractivity (Wildman–Crippen MR) is 107 cm³/mol. The maximum atomic E-state index is 12.8. The van der Waals surface area contributed by atoms with E-state index in [0.717, 1.165) is 11.1 Å². The van der Waals surface area contributed by atoms with E-state index in [1.807, 2.05) is 37.3 Å². The van der Waals surface area contributed by atoms with Crippen LogP contribution in [0.1, 0.15) is 11.6 Å². The molecule has 0 bridgehead atoms. The van der Waals surface area contributed by atoms with Crippen molar-refractivity contribution in [1.82, 2.24) is 24.9 Å². The Labute approximate surface area is 174 Å². The summed E-state index contributed by atoms with van der Waals surface area (Å²) in [5, 5.41) is 12.1. The van der Waals surface area contributed by atoms with Gasteiger partial charge in [-0.25, -0.2) is 17.8 Å². The van der Waals surface area contributed by atoms with E-state index in [4.69, 9.17) is 9.47 Å². The molecule has 0 radical (unpaired) electrons. The second kappa shape index (κ2) is 7.55. The molecular formula is C20H21N5O4S. The summed E-state index contributed by atoms with van der Waals surface area (Å²) in [6, 6.07) is 15.6. The number of tetrazole rings is 1. The fourth-order valence-electron chi connectivity index (χ4n) is 3.97. The van der Waals surface area contributed by atoms with Gasteiger partial charge in [-0.05, 0) is 29.5 Å². The average molecular weight is 427 g/mol. The van der Waals surface area contributed by atoms with E-state index in [1.54, 1.807) is 28.9 Å². The Kier molecular flexibility index (Phi) is 4.86. The van der Waals surface area contributed by atoms with Crippen molar-refractivity contribution in [2.24, 2.45) is 0 Å². The normalized spacial score (nSPS) is 26.0. The van der Waals surface area contributed by atoms with E-state index >= 15 is 0 Å². The summed E-state index contributed by atoms with van der Waals surface area (Å²) in [5.74, 6) is 0.622. The molecule has 9 nitrogen and oxygen atoms in total. The zero-order chi connectivity index (χ0) is 20.7. The molecule has 1 aromatic heterocycles. The van der Waals surface area contributed by atoms with Crippen LogP contribution in [-0.2, 0) is 19.5 Å². The van der Waals surface area contributed by atoms with Crippen molar-refractivity contribution in [3.63, 3.8) is 0 Å². The van der Waals surface area contributed by atoms with Crippen LogP contribution in [0.3, 0.4) is 0 Å². The summed E-state index contributed by atoms with van der Waals surface area (Å²) in [6.45, 7) is 2.47. The number of sulfonamides is 1. The number of nitrogens with one attached hydrogen (secondary N) is 1. The fraction of sp³-hybridized carbons (Fsp3) is 0.350. The quantitative estimate of drug-likeness (QED) is 0.654. The van der Waals surface area contributed by atoms with Gasteiger partial charge >= 0.3 is 0 Å². The third kappa shape index (κ3) is 3.41. The second-order valence-corrected chi connectivity index (χ2v) is 9.23. The lowest BCUT2D eigenvalue weighted by molar-refractivity contribution is 0.0626. The van der Waals surface area contributed by atoms with Crippen LogP contribution in [0.2, 0.25) is 0 Å². The summed E-state index contributed by atoms with van der Waals surface area (Å²) in [4.78, 5) is 0.220. The molecule has 2 aliphatic heterocycles. The molecule has 0 aliphatic carbocycles. The standard InChI is InChI=1S/C20H21N5O4S/c1-13-7-9-15(10-8-13)30(26,27)22-16-11-28-19-17(12-29-18(16)19)25-20(21-23-24-25)14-5-3-2-4-6-14/h2-10,16-19,22H,11-12H2,1H3. The topological polar surface area (TPSA) is 108 Å². The Morgan fingerprint density at radius 3 is 2.50 bits per heavy atom. The minimum Gasteiger partial charge on any atom is -0.371 e. The molecule has 4 atom stereocenters. The molecule has 1 N–H and O–H groups in total. The Balaban J connectivity index is 1.35. The van der Waals surface area contributed by atoms with Crippen molar-refractivity contribution < 1.29 is 17.9 Å². The van der Waals surface area contributed by atoms with Gasteiger partial charge in [-0.1, -0.05) is 48.0 Å². The van der Waals surface area contributed by atoms with E-state index < -0.39 is 22.2 Å². The van der Waals surface area contributed by atoms with Gasteiger partial charge < -0.3 is 9.47 Å². The molecule has 0 spiro atoms. The Bertz CT molecular complexity index is 1130. The smallest absolute Gasteiger partial charge is 0.240 e. The third-order valence-corrected chi connectivity index (χ3v) is 7.01. The summed E-state index contributed by atoms with van der Waals surface area (Å²) in [7, 11) is -3.68. The van der Waals surface area contributed by atoms with Gasteiger partial charge in [0, 0.05) is 5.56 Å². The van der Waals surface area contributed by atoms with Crippen molar-refractivity contribution in [1.29, 1.82) is 0 Å². The predicted octanol–water partition coefficient (Wildman–Crippen LogP) is 1.33. The molecule has 2 aliphatic rings. The van der Waals surface area contributed by atoms with Crippen molar-refractivity contribution in [2.45, 2.75) is 36.1 Å². The number of aromatic nitrogens is 4. The van der Waals surface area contributed by atoms with Gasteiger partial charge in [0.05, 0.1) is 24.2 Å². The highest BCUT2D eigenvalue weighted by molar-refractivity contribution is 7.89. The lowest BCUT2D eigenvalue weighted by Gasteiger charge is -2.18. The molecular weight excluding hydrogens is 406 g/mol. The minimum atomic E-state index is -3.68. The van der Waals surface area contributed by atoms with Crippen molar-refractivity contribution >= 4 is 10.0 Å². The summed E-state index contributed by atoms with van der Waals surface area (Å²) < 4.78 is 41.9. The van der Waals surface area contributed by atoms with Crippen LogP contribution >= 0.6 is 0 Å². The second-order valence-electron chi connectivity index (χ2n) is 7.52. The number of benzene rings is 2. The average Bonchev–Trinajstić information content (AvgIpc) is 3.46. The third-order valence-electron chi connectivity index (χ3n) is 5.50. The minimum absolute atomic E-state index is 0.220. The highest BCUT2D eigenvalue weighted by Gasteiger charge is 2.50. The molecule has 2 saturated heterocycles. The first-order valence-corrected chi connectivity index (χ1v) is 11.2. The molecule has 4 unspecified atom stereocenters. The first kappa shape index (κ1) is 19.3. The maximum Gasteiger partial charge on any atom is 0.240 e. The number of rotatable bonds is 5. The van der Waals surface area contributed by atoms with Crippen LogP contribution in [0, 0.1) is 6.92 Å². The number of ether oxygens (including phenoxy) is 2. The van der Waals surface area contributed by atoms with Gasteiger partial charge in [-0.2, -0.15) is 0 Å². The molecule has 10 heteroatoms. The Hall–Kier alpha value is -2.66. The van der Waals surface area contributed by atoms with Crippen LogP contribution in [0.5, 0.6) is 0 Å². The molecule has 30 heavy (non-hydrogen) atoms. The molecule has 156 valence electrons. The number of nitrogens with zero attached hydrogens (tertiary/aromatic N) is 4. The molecule has 2 fully saturated rings. The molecule has 2 aromatic carbocycles. The number of hydrogen-bond donors (Lipinski definition) is 1. The first-order chi connectivity index (χ1) is 14.5. The molecule has 0 saturated carbocycles. The SMILES string of the molecule is Cc1ccc(S(=O)(=O)NC2COC3C2OCC3n2nnnc2-c2ccccc2)cc1. The van der Waals surface area contributed by atoms with E-state index in [0.29, 0.717) is 12.4 Å². The van der Waals surface area contributed by atoms with Crippen LogP contribution in [0.15, 0.2) is 59.5 Å². The van der Waals surface area contributed by atoms with Gasteiger partial charge in [-0.15, -0.1) is 5.10 Å². The van der Waals surface area contributed by atoms with E-state index in [2.05, 4.69) is 20.2 Å². The van der Waals surface area contributed by atoms with Crippen LogP contribution in [-0.4, -0.2) is 60.1 Å². The monoisotopic (exact) mass is 427 g/mol. The summed E-state index contributed by atoms with van der Waals surface area (Å²) in [5.41, 5.74) is 1.89. The van der Waals surface area contributed by atoms with Gasteiger partial charge in [0.15, 0.2) is 5.82 Å². The fourth-order valence-corrected chi connectivity index (χ4v) is 5.20. The first-order valence-electron chi connectivity index (χ1n) is 9.68. The zero-order valence-corrected chi connectivity index (χ0v) is 17.1. The van der Waals surface area contributed by atoms with Crippen molar-refractivity contribution in [3.05, 3.63) is 60.2 Å². The molecule has 5 rings (SSSR count). The van der Waals surface area contributed by atoms with Crippen molar-refractivity contribution in [2.75, 3.05) is 13.2 Å². The number of hydrogen-bond acceptors (Lipinski definition) is 7. The van der Waals surface area contributed by atoms with Crippen molar-refractivity contribution in [3.8, 4) is 11.4 Å². The van der Waals surface area contributed by atoms with E-state index in [-0.39, 0.29) is 23.6 Å². The summed E-state index contributed by atoms with van der Waals surface area (Å²) in [6.07, 6.45) is -0.760. The van der Waals surface area contributed by atoms with Crippen LogP contribution in [0.25, 0.3) is 11.4 Å².